The van der Waals surface area contributed by atoms with Crippen LogP contribution in [0.2, 0.25) is 0 Å². The van der Waals surface area contributed by atoms with Gasteiger partial charge in [0.15, 0.2) is 11.5 Å². The first-order valence-corrected chi connectivity index (χ1v) is 7.81. The normalized spacial score (nSPS) is 14.0. The summed E-state index contributed by atoms with van der Waals surface area (Å²) >= 11 is 0. The number of carbonyl (C=O) groups is 2. The van der Waals surface area contributed by atoms with Gasteiger partial charge in [0.25, 0.3) is 5.91 Å². The maximum atomic E-state index is 12.3. The minimum absolute atomic E-state index is 0.0768. The van der Waals surface area contributed by atoms with Crippen molar-refractivity contribution < 1.29 is 14.7 Å². The zero-order chi connectivity index (χ0) is 16.9. The summed E-state index contributed by atoms with van der Waals surface area (Å²) in [6.07, 6.45) is 1.15. The molecule has 1 N–H and O–H groups in total. The predicted octanol–water partition coefficient (Wildman–Crippen LogP) is 3.22. The molecule has 0 fully saturated rings. The molecule has 2 aromatic carbocycles. The summed E-state index contributed by atoms with van der Waals surface area (Å²) in [6, 6.07) is 18.9. The Morgan fingerprint density at radius 2 is 1.46 bits per heavy atom. The summed E-state index contributed by atoms with van der Waals surface area (Å²) in [5.41, 5.74) is 1.99. The van der Waals surface area contributed by atoms with E-state index in [2.05, 4.69) is 4.99 Å². The van der Waals surface area contributed by atoms with E-state index in [1.807, 2.05) is 60.7 Å². The Kier molecular flexibility index (Phi) is 4.66. The molecule has 4 nitrogen and oxygen atoms in total. The van der Waals surface area contributed by atoms with Crippen LogP contribution in [-0.2, 0) is 22.4 Å². The lowest BCUT2D eigenvalue weighted by molar-refractivity contribution is -0.120. The third-order valence-corrected chi connectivity index (χ3v) is 3.94. The molecule has 0 saturated carbocycles. The fourth-order valence-corrected chi connectivity index (χ4v) is 2.68. The van der Waals surface area contributed by atoms with Crippen LogP contribution in [0.15, 0.2) is 77.0 Å². The molecule has 0 unspecified atom stereocenters. The number of hydrogen-bond donors (Lipinski definition) is 1. The molecule has 0 radical (unpaired) electrons. The van der Waals surface area contributed by atoms with Crippen LogP contribution in [0.1, 0.15) is 17.5 Å². The Morgan fingerprint density at radius 1 is 0.875 bits per heavy atom. The number of carbonyl (C=O) groups excluding carboxylic acids is 2. The van der Waals surface area contributed by atoms with Gasteiger partial charge in [-0.15, -0.1) is 0 Å². The van der Waals surface area contributed by atoms with Crippen LogP contribution in [0, 0.1) is 0 Å². The van der Waals surface area contributed by atoms with E-state index in [1.54, 1.807) is 0 Å². The van der Waals surface area contributed by atoms with Crippen molar-refractivity contribution in [2.24, 2.45) is 4.99 Å². The zero-order valence-electron chi connectivity index (χ0n) is 13.1. The van der Waals surface area contributed by atoms with Gasteiger partial charge in [0.2, 0.25) is 0 Å². The lowest BCUT2D eigenvalue weighted by Gasteiger charge is -2.03. The number of hydrogen-bond acceptors (Lipinski definition) is 3. The molecule has 0 spiro atoms. The largest absolute Gasteiger partial charge is 0.505 e. The van der Waals surface area contributed by atoms with Gasteiger partial charge in [-0.2, -0.15) is 0 Å². The maximum Gasteiger partial charge on any atom is 0.284 e. The van der Waals surface area contributed by atoms with Crippen LogP contribution >= 0.6 is 0 Å². The Bertz CT molecular complexity index is 820. The molecule has 0 bridgehead atoms. The highest BCUT2D eigenvalue weighted by Gasteiger charge is 2.31. The number of nitrogens with zero attached hydrogens (tertiary/aromatic N) is 1. The lowest BCUT2D eigenvalue weighted by atomic mass is 10.0. The van der Waals surface area contributed by atoms with Gasteiger partial charge in [0.1, 0.15) is 5.57 Å². The average Bonchev–Trinajstić information content (AvgIpc) is 2.88. The number of ketones is 1. The van der Waals surface area contributed by atoms with Crippen molar-refractivity contribution in [3.8, 4) is 0 Å². The second-order valence-electron chi connectivity index (χ2n) is 5.66. The number of aliphatic hydroxyl groups excluding tert-OH is 1. The molecule has 1 heterocycles. The smallest absolute Gasteiger partial charge is 0.284 e. The lowest BCUT2D eigenvalue weighted by Crippen LogP contribution is -2.13. The minimum Gasteiger partial charge on any atom is -0.505 e. The van der Waals surface area contributed by atoms with Gasteiger partial charge in [-0.25, -0.2) is 4.99 Å². The van der Waals surface area contributed by atoms with E-state index < -0.39 is 11.7 Å². The molecule has 0 aliphatic carbocycles. The molecule has 120 valence electrons. The zero-order valence-corrected chi connectivity index (χ0v) is 13.1. The monoisotopic (exact) mass is 319 g/mol. The van der Waals surface area contributed by atoms with Crippen molar-refractivity contribution >= 4 is 17.4 Å². The Morgan fingerprint density at radius 3 is 2.08 bits per heavy atom. The van der Waals surface area contributed by atoms with E-state index in [-0.39, 0.29) is 17.8 Å². The van der Waals surface area contributed by atoms with E-state index in [1.165, 1.54) is 0 Å². The van der Waals surface area contributed by atoms with Crippen molar-refractivity contribution in [1.29, 1.82) is 0 Å². The molecule has 1 amide bonds. The Balaban J connectivity index is 1.71. The number of rotatable bonds is 6. The molecule has 0 atom stereocenters. The van der Waals surface area contributed by atoms with E-state index in [9.17, 15) is 14.7 Å². The van der Waals surface area contributed by atoms with Crippen molar-refractivity contribution in [3.63, 3.8) is 0 Å². The van der Waals surface area contributed by atoms with Crippen LogP contribution < -0.4 is 0 Å². The number of amides is 1. The fraction of sp³-hybridized carbons (Fsp3) is 0.150. The van der Waals surface area contributed by atoms with Crippen LogP contribution in [0.4, 0.5) is 0 Å². The van der Waals surface area contributed by atoms with Gasteiger partial charge in [-0.1, -0.05) is 60.7 Å². The highest BCUT2D eigenvalue weighted by molar-refractivity contribution is 6.31. The topological polar surface area (TPSA) is 66.7 Å². The molecule has 4 heteroatoms. The van der Waals surface area contributed by atoms with Gasteiger partial charge < -0.3 is 5.11 Å². The molecule has 1 aliphatic rings. The van der Waals surface area contributed by atoms with Crippen LogP contribution in [0.3, 0.4) is 0 Å². The van der Waals surface area contributed by atoms with Gasteiger partial charge in [-0.05, 0) is 24.0 Å². The van der Waals surface area contributed by atoms with E-state index >= 15 is 0 Å². The Labute approximate surface area is 140 Å². The molecule has 2 aromatic rings. The number of aliphatic hydroxyl groups is 1. The molecular formula is C20H17NO3. The third kappa shape index (κ3) is 3.49. The average molecular weight is 319 g/mol. The van der Waals surface area contributed by atoms with Crippen molar-refractivity contribution in [2.45, 2.75) is 19.3 Å². The SMILES string of the molecule is O=C(Cc1ccccc1)C1=C(O)C(CCc2ccccc2)=NC1=O. The first-order chi connectivity index (χ1) is 11.6. The Hall–Kier alpha value is -3.01. The van der Waals surface area contributed by atoms with Crippen molar-refractivity contribution in [2.75, 3.05) is 0 Å². The van der Waals surface area contributed by atoms with E-state index in [0.717, 1.165) is 11.1 Å². The minimum atomic E-state index is -0.642. The summed E-state index contributed by atoms with van der Waals surface area (Å²) in [7, 11) is 0. The molecule has 0 aromatic heterocycles. The van der Waals surface area contributed by atoms with Crippen molar-refractivity contribution in [3.05, 3.63) is 83.1 Å². The summed E-state index contributed by atoms with van der Waals surface area (Å²) in [5, 5.41) is 10.3. The van der Waals surface area contributed by atoms with Crippen molar-refractivity contribution in [1.82, 2.24) is 0 Å². The standard InChI is InChI=1S/C20H17NO3/c22-17(13-15-9-5-2-6-10-15)18-19(23)16(21-20(18)24)12-11-14-7-3-1-4-8-14/h1-10,23H,11-13H2. The number of allylic oxidation sites excluding steroid dienone is 1. The number of aryl methyl sites for hydroxylation is 1. The predicted molar refractivity (Wildman–Crippen MR) is 92.0 cm³/mol. The first kappa shape index (κ1) is 15.9. The van der Waals surface area contributed by atoms with Crippen LogP contribution in [-0.4, -0.2) is 22.5 Å². The third-order valence-electron chi connectivity index (χ3n) is 3.94. The number of benzene rings is 2. The summed E-state index contributed by atoms with van der Waals surface area (Å²) < 4.78 is 0. The summed E-state index contributed by atoms with van der Waals surface area (Å²) in [5.74, 6) is -1.31. The quantitative estimate of drug-likeness (QED) is 0.831. The maximum absolute atomic E-state index is 12.3. The van der Waals surface area contributed by atoms with Crippen LogP contribution in [0.5, 0.6) is 0 Å². The highest BCUT2D eigenvalue weighted by atomic mass is 16.3. The fourth-order valence-electron chi connectivity index (χ4n) is 2.68. The first-order valence-electron chi connectivity index (χ1n) is 7.81. The van der Waals surface area contributed by atoms with Gasteiger partial charge in [-0.3, -0.25) is 9.59 Å². The summed E-state index contributed by atoms with van der Waals surface area (Å²) in [4.78, 5) is 28.2. The van der Waals surface area contributed by atoms with Gasteiger partial charge in [0, 0.05) is 6.42 Å². The second kappa shape index (κ2) is 7.04. The molecular weight excluding hydrogens is 302 g/mol. The van der Waals surface area contributed by atoms with E-state index in [0.29, 0.717) is 18.6 Å². The number of aliphatic imine (C=N–C) groups is 1. The molecule has 24 heavy (non-hydrogen) atoms. The molecule has 1 aliphatic heterocycles. The second-order valence-corrected chi connectivity index (χ2v) is 5.66. The van der Waals surface area contributed by atoms with E-state index in [4.69, 9.17) is 0 Å². The van der Waals surface area contributed by atoms with Gasteiger partial charge in [0.05, 0.1) is 5.71 Å². The van der Waals surface area contributed by atoms with Gasteiger partial charge >= 0.3 is 0 Å². The molecule has 3 rings (SSSR count). The number of Topliss-reactive ketones (excluding diaryl/α,β-unsaturated/α-hetero) is 1. The highest BCUT2D eigenvalue weighted by Crippen LogP contribution is 2.20. The molecule has 0 saturated heterocycles. The van der Waals surface area contributed by atoms with Crippen LogP contribution in [0.25, 0.3) is 0 Å². The summed E-state index contributed by atoms with van der Waals surface area (Å²) in [6.45, 7) is 0.